The van der Waals surface area contributed by atoms with Gasteiger partial charge < -0.3 is 10.1 Å². The van der Waals surface area contributed by atoms with Crippen molar-refractivity contribution in [2.45, 2.75) is 32.4 Å². The predicted molar refractivity (Wildman–Crippen MR) is 48.9 cm³/mol. The van der Waals surface area contributed by atoms with Gasteiger partial charge in [-0.05, 0) is 13.8 Å². The van der Waals surface area contributed by atoms with Gasteiger partial charge in [-0.15, -0.1) is 6.58 Å². The molecule has 0 spiro atoms. The van der Waals surface area contributed by atoms with E-state index in [-0.39, 0.29) is 18.1 Å². The lowest BCUT2D eigenvalue weighted by molar-refractivity contribution is -0.141. The topological polar surface area (TPSA) is 38.3 Å². The van der Waals surface area contributed by atoms with E-state index in [9.17, 15) is 4.79 Å². The number of rotatable bonds is 5. The van der Waals surface area contributed by atoms with E-state index in [2.05, 4.69) is 16.6 Å². The quantitative estimate of drug-likeness (QED) is 0.497. The smallest absolute Gasteiger partial charge is 0.307 e. The van der Waals surface area contributed by atoms with Crippen LogP contribution in [0.15, 0.2) is 12.7 Å². The summed E-state index contributed by atoms with van der Waals surface area (Å²) in [6.45, 7) is 7.56. The third-order valence-electron chi connectivity index (χ3n) is 1.60. The Morgan fingerprint density at radius 3 is 2.67 bits per heavy atom. The molecule has 0 aliphatic rings. The average Bonchev–Trinajstić information content (AvgIpc) is 2.03. The highest BCUT2D eigenvalue weighted by molar-refractivity contribution is 5.69. The number of ether oxygens (including phenoxy) is 1. The number of hydrogen-bond acceptors (Lipinski definition) is 3. The van der Waals surface area contributed by atoms with E-state index in [1.165, 1.54) is 7.11 Å². The van der Waals surface area contributed by atoms with Crippen LogP contribution in [0.25, 0.3) is 0 Å². The summed E-state index contributed by atoms with van der Waals surface area (Å²) in [5, 5.41) is 3.18. The number of hydrogen-bond donors (Lipinski definition) is 1. The first-order valence-electron chi connectivity index (χ1n) is 4.05. The summed E-state index contributed by atoms with van der Waals surface area (Å²) in [6, 6.07) is 0.357. The Bertz CT molecular complexity index is 157. The van der Waals surface area contributed by atoms with Crippen LogP contribution in [0.5, 0.6) is 0 Å². The number of nitrogens with one attached hydrogen (secondary N) is 1. The van der Waals surface area contributed by atoms with Gasteiger partial charge in [0.15, 0.2) is 0 Å². The predicted octanol–water partition coefficient (Wildman–Crippen LogP) is 1.10. The van der Waals surface area contributed by atoms with E-state index in [4.69, 9.17) is 0 Å². The van der Waals surface area contributed by atoms with E-state index in [1.54, 1.807) is 6.08 Å². The molecule has 0 amide bonds. The lowest BCUT2D eigenvalue weighted by Crippen LogP contribution is -2.34. The van der Waals surface area contributed by atoms with E-state index in [0.717, 1.165) is 0 Å². The first-order valence-corrected chi connectivity index (χ1v) is 4.05. The third kappa shape index (κ3) is 4.91. The van der Waals surface area contributed by atoms with Gasteiger partial charge in [0, 0.05) is 12.1 Å². The highest BCUT2D eigenvalue weighted by atomic mass is 16.5. The zero-order valence-corrected chi connectivity index (χ0v) is 7.96. The van der Waals surface area contributed by atoms with Crippen molar-refractivity contribution in [2.24, 2.45) is 0 Å². The largest absolute Gasteiger partial charge is 0.469 e. The second kappa shape index (κ2) is 5.77. The summed E-state index contributed by atoms with van der Waals surface area (Å²) in [6.07, 6.45) is 2.20. The van der Waals surface area contributed by atoms with Crippen molar-refractivity contribution in [3.8, 4) is 0 Å². The van der Waals surface area contributed by atoms with Gasteiger partial charge in [-0.1, -0.05) is 6.08 Å². The minimum absolute atomic E-state index is 0.130. The van der Waals surface area contributed by atoms with Gasteiger partial charge in [0.1, 0.15) is 0 Å². The standard InChI is InChI=1S/C9H17NO2/c1-5-7(2)10-8(3)6-9(11)12-4/h5,7-8,10H,1,6H2,2-4H3. The Balaban J connectivity index is 3.65. The Morgan fingerprint density at radius 1 is 1.67 bits per heavy atom. The van der Waals surface area contributed by atoms with Crippen molar-refractivity contribution in [1.29, 1.82) is 0 Å². The molecule has 0 rings (SSSR count). The zero-order chi connectivity index (χ0) is 9.56. The van der Waals surface area contributed by atoms with Gasteiger partial charge in [-0.25, -0.2) is 0 Å². The minimum Gasteiger partial charge on any atom is -0.469 e. The third-order valence-corrected chi connectivity index (χ3v) is 1.60. The monoisotopic (exact) mass is 171 g/mol. The molecule has 0 aliphatic carbocycles. The van der Waals surface area contributed by atoms with Crippen LogP contribution in [0.3, 0.4) is 0 Å². The van der Waals surface area contributed by atoms with Crippen molar-refractivity contribution in [3.05, 3.63) is 12.7 Å². The van der Waals surface area contributed by atoms with Crippen molar-refractivity contribution in [1.82, 2.24) is 5.32 Å². The highest BCUT2D eigenvalue weighted by Gasteiger charge is 2.09. The van der Waals surface area contributed by atoms with Crippen LogP contribution in [0, 0.1) is 0 Å². The van der Waals surface area contributed by atoms with Gasteiger partial charge in [-0.2, -0.15) is 0 Å². The molecular formula is C9H17NO2. The molecule has 0 fully saturated rings. The van der Waals surface area contributed by atoms with Crippen LogP contribution in [0.1, 0.15) is 20.3 Å². The average molecular weight is 171 g/mol. The minimum atomic E-state index is -0.189. The van der Waals surface area contributed by atoms with Crippen LogP contribution in [-0.2, 0) is 9.53 Å². The fourth-order valence-electron chi connectivity index (χ4n) is 0.909. The molecule has 12 heavy (non-hydrogen) atoms. The molecule has 2 unspecified atom stereocenters. The molecule has 2 atom stereocenters. The molecular weight excluding hydrogens is 154 g/mol. The number of carbonyl (C=O) groups excluding carboxylic acids is 1. The summed E-state index contributed by atoms with van der Waals surface area (Å²) in [5.74, 6) is -0.189. The van der Waals surface area contributed by atoms with Crippen molar-refractivity contribution < 1.29 is 9.53 Å². The highest BCUT2D eigenvalue weighted by Crippen LogP contribution is 1.95. The second-order valence-electron chi connectivity index (χ2n) is 2.87. The molecule has 1 N–H and O–H groups in total. The molecule has 0 aromatic carbocycles. The number of esters is 1. The molecule has 0 aromatic heterocycles. The SMILES string of the molecule is C=CC(C)NC(C)CC(=O)OC. The number of carbonyl (C=O) groups is 1. The number of methoxy groups -OCH3 is 1. The lowest BCUT2D eigenvalue weighted by atomic mass is 10.2. The lowest BCUT2D eigenvalue weighted by Gasteiger charge is -2.15. The van der Waals surface area contributed by atoms with Gasteiger partial charge in [-0.3, -0.25) is 4.79 Å². The molecule has 0 aliphatic heterocycles. The maximum absolute atomic E-state index is 10.8. The Kier molecular flexibility index (Phi) is 5.37. The van der Waals surface area contributed by atoms with E-state index in [1.807, 2.05) is 13.8 Å². The second-order valence-corrected chi connectivity index (χ2v) is 2.87. The first-order chi connectivity index (χ1) is 5.60. The Labute approximate surface area is 73.8 Å². The van der Waals surface area contributed by atoms with Crippen LogP contribution in [-0.4, -0.2) is 25.2 Å². The molecule has 0 heterocycles. The van der Waals surface area contributed by atoms with Crippen LogP contribution in [0.4, 0.5) is 0 Å². The summed E-state index contributed by atoms with van der Waals surface area (Å²) in [7, 11) is 1.39. The van der Waals surface area contributed by atoms with Gasteiger partial charge in [0.2, 0.25) is 0 Å². The zero-order valence-electron chi connectivity index (χ0n) is 7.96. The summed E-state index contributed by atoms with van der Waals surface area (Å²) < 4.78 is 4.53. The summed E-state index contributed by atoms with van der Waals surface area (Å²) in [4.78, 5) is 10.8. The van der Waals surface area contributed by atoms with Gasteiger partial charge in [0.05, 0.1) is 13.5 Å². The molecule has 70 valence electrons. The Hall–Kier alpha value is -0.830. The van der Waals surface area contributed by atoms with E-state index >= 15 is 0 Å². The van der Waals surface area contributed by atoms with Gasteiger partial charge in [0.25, 0.3) is 0 Å². The first kappa shape index (κ1) is 11.2. The van der Waals surface area contributed by atoms with Crippen molar-refractivity contribution in [3.63, 3.8) is 0 Å². The van der Waals surface area contributed by atoms with Crippen LogP contribution < -0.4 is 5.32 Å². The van der Waals surface area contributed by atoms with Gasteiger partial charge >= 0.3 is 5.97 Å². The molecule has 0 saturated heterocycles. The summed E-state index contributed by atoms with van der Waals surface area (Å²) in [5.41, 5.74) is 0. The van der Waals surface area contributed by atoms with Crippen molar-refractivity contribution in [2.75, 3.05) is 7.11 Å². The maximum atomic E-state index is 10.8. The molecule has 0 radical (unpaired) electrons. The fraction of sp³-hybridized carbons (Fsp3) is 0.667. The Morgan fingerprint density at radius 2 is 2.25 bits per heavy atom. The van der Waals surface area contributed by atoms with Crippen LogP contribution >= 0.6 is 0 Å². The normalized spacial score (nSPS) is 14.9. The molecule has 3 nitrogen and oxygen atoms in total. The molecule has 3 heteroatoms. The van der Waals surface area contributed by atoms with E-state index in [0.29, 0.717) is 6.42 Å². The van der Waals surface area contributed by atoms with Crippen LogP contribution in [0.2, 0.25) is 0 Å². The summed E-state index contributed by atoms with van der Waals surface area (Å²) >= 11 is 0. The van der Waals surface area contributed by atoms with E-state index < -0.39 is 0 Å². The van der Waals surface area contributed by atoms with Crippen molar-refractivity contribution >= 4 is 5.97 Å². The maximum Gasteiger partial charge on any atom is 0.307 e. The molecule has 0 aromatic rings. The molecule has 0 bridgehead atoms. The molecule has 0 saturated carbocycles. The fourth-order valence-corrected chi connectivity index (χ4v) is 0.909.